The number of aliphatic carboxylic acids is 1. The van der Waals surface area contributed by atoms with E-state index in [1.54, 1.807) is 4.90 Å². The van der Waals surface area contributed by atoms with Gasteiger partial charge in [0.1, 0.15) is 0 Å². The van der Waals surface area contributed by atoms with Crippen molar-refractivity contribution < 1.29 is 14.7 Å². The maximum Gasteiger partial charge on any atom is 0.308 e. The second kappa shape index (κ2) is 4.85. The minimum absolute atomic E-state index is 0.0259. The monoisotopic (exact) mass is 225 g/mol. The van der Waals surface area contributed by atoms with Gasteiger partial charge in [0.2, 0.25) is 5.91 Å². The van der Waals surface area contributed by atoms with Crippen molar-refractivity contribution in [2.24, 2.45) is 11.8 Å². The van der Waals surface area contributed by atoms with Crippen molar-refractivity contribution in [3.8, 4) is 0 Å². The van der Waals surface area contributed by atoms with Gasteiger partial charge in [-0.3, -0.25) is 9.59 Å². The van der Waals surface area contributed by atoms with Crippen molar-refractivity contribution in [2.45, 2.75) is 38.5 Å². The van der Waals surface area contributed by atoms with Crippen molar-refractivity contribution >= 4 is 11.9 Å². The zero-order valence-corrected chi connectivity index (χ0v) is 9.52. The predicted molar refractivity (Wildman–Crippen MR) is 58.9 cm³/mol. The van der Waals surface area contributed by atoms with Crippen molar-refractivity contribution in [1.82, 2.24) is 4.90 Å². The van der Waals surface area contributed by atoms with Crippen LogP contribution in [0.3, 0.4) is 0 Å². The van der Waals surface area contributed by atoms with Crippen molar-refractivity contribution in [1.29, 1.82) is 0 Å². The Kier molecular flexibility index (Phi) is 3.46. The molecule has 1 atom stereocenters. The van der Waals surface area contributed by atoms with E-state index in [-0.39, 0.29) is 12.3 Å². The number of nitrogens with zero attached hydrogens (tertiary/aromatic N) is 1. The summed E-state index contributed by atoms with van der Waals surface area (Å²) in [6.45, 7) is 1.20. The van der Waals surface area contributed by atoms with Crippen molar-refractivity contribution in [3.05, 3.63) is 0 Å². The lowest BCUT2D eigenvalue weighted by Crippen LogP contribution is -2.32. The second-order valence-electron chi connectivity index (χ2n) is 5.04. The van der Waals surface area contributed by atoms with Gasteiger partial charge in [-0.25, -0.2) is 0 Å². The van der Waals surface area contributed by atoms with Gasteiger partial charge in [0.15, 0.2) is 0 Å². The SMILES string of the molecule is O=C(O)C1CC(=O)N(CC2CCCCC2)C1. The molecule has 2 aliphatic rings. The summed E-state index contributed by atoms with van der Waals surface area (Å²) in [5.41, 5.74) is 0. The first-order valence-electron chi connectivity index (χ1n) is 6.17. The van der Waals surface area contributed by atoms with Gasteiger partial charge < -0.3 is 10.0 Å². The third-order valence-electron chi connectivity index (χ3n) is 3.77. The first-order valence-corrected chi connectivity index (χ1v) is 6.17. The fraction of sp³-hybridized carbons (Fsp3) is 0.833. The van der Waals surface area contributed by atoms with Crippen LogP contribution in [0.25, 0.3) is 0 Å². The molecule has 1 saturated carbocycles. The minimum atomic E-state index is -0.834. The van der Waals surface area contributed by atoms with Crippen molar-refractivity contribution in [3.63, 3.8) is 0 Å². The molecule has 0 radical (unpaired) electrons. The van der Waals surface area contributed by atoms with Crippen LogP contribution >= 0.6 is 0 Å². The van der Waals surface area contributed by atoms with Gasteiger partial charge in [-0.1, -0.05) is 19.3 Å². The second-order valence-corrected chi connectivity index (χ2v) is 5.04. The lowest BCUT2D eigenvalue weighted by Gasteiger charge is -2.26. The highest BCUT2D eigenvalue weighted by Crippen LogP contribution is 2.27. The number of carboxylic acid groups (broad SMARTS) is 1. The van der Waals surface area contributed by atoms with Crippen molar-refractivity contribution in [2.75, 3.05) is 13.1 Å². The Balaban J connectivity index is 1.85. The molecular formula is C12H19NO3. The summed E-state index contributed by atoms with van der Waals surface area (Å²) in [5.74, 6) is -0.682. The van der Waals surface area contributed by atoms with Crippen LogP contribution in [0.5, 0.6) is 0 Å². The third-order valence-corrected chi connectivity index (χ3v) is 3.77. The van der Waals surface area contributed by atoms with Gasteiger partial charge >= 0.3 is 5.97 Å². The average molecular weight is 225 g/mol. The molecule has 1 amide bonds. The Morgan fingerprint density at radius 2 is 2.00 bits per heavy atom. The molecular weight excluding hydrogens is 206 g/mol. The summed E-state index contributed by atoms with van der Waals surface area (Å²) in [4.78, 5) is 24.2. The summed E-state index contributed by atoms with van der Waals surface area (Å²) in [7, 11) is 0. The Morgan fingerprint density at radius 1 is 1.31 bits per heavy atom. The summed E-state index contributed by atoms with van der Waals surface area (Å²) >= 11 is 0. The molecule has 0 aromatic rings. The zero-order chi connectivity index (χ0) is 11.5. The molecule has 1 aliphatic heterocycles. The molecule has 4 heteroatoms. The molecule has 90 valence electrons. The highest BCUT2D eigenvalue weighted by atomic mass is 16.4. The molecule has 0 aromatic heterocycles. The molecule has 1 heterocycles. The number of hydrogen-bond donors (Lipinski definition) is 1. The lowest BCUT2D eigenvalue weighted by molar-refractivity contribution is -0.141. The summed E-state index contributed by atoms with van der Waals surface area (Å²) < 4.78 is 0. The number of rotatable bonds is 3. The van der Waals surface area contributed by atoms with E-state index >= 15 is 0 Å². The number of amides is 1. The van der Waals surface area contributed by atoms with E-state index in [2.05, 4.69) is 0 Å². The standard InChI is InChI=1S/C12H19NO3/c14-11-6-10(12(15)16)8-13(11)7-9-4-2-1-3-5-9/h9-10H,1-8H2,(H,15,16). The van der Waals surface area contributed by atoms with Gasteiger partial charge in [0, 0.05) is 19.5 Å². The van der Waals surface area contributed by atoms with Crippen LogP contribution in [-0.2, 0) is 9.59 Å². The molecule has 2 rings (SSSR count). The Morgan fingerprint density at radius 3 is 2.56 bits per heavy atom. The van der Waals surface area contributed by atoms with Gasteiger partial charge in [0.05, 0.1) is 5.92 Å². The number of carbonyl (C=O) groups is 2. The topological polar surface area (TPSA) is 57.6 Å². The summed E-state index contributed by atoms with van der Waals surface area (Å²) in [6, 6.07) is 0. The molecule has 0 aromatic carbocycles. The fourth-order valence-corrected chi connectivity index (χ4v) is 2.80. The fourth-order valence-electron chi connectivity index (χ4n) is 2.80. The number of hydrogen-bond acceptors (Lipinski definition) is 2. The van der Waals surface area contributed by atoms with E-state index in [0.717, 1.165) is 6.54 Å². The van der Waals surface area contributed by atoms with Gasteiger partial charge in [0.25, 0.3) is 0 Å². The van der Waals surface area contributed by atoms with Crippen LogP contribution in [0.2, 0.25) is 0 Å². The molecule has 1 N–H and O–H groups in total. The number of carboxylic acids is 1. The molecule has 1 saturated heterocycles. The molecule has 16 heavy (non-hydrogen) atoms. The normalized spacial score (nSPS) is 27.4. The minimum Gasteiger partial charge on any atom is -0.481 e. The molecule has 1 unspecified atom stereocenters. The first kappa shape index (κ1) is 11.4. The Hall–Kier alpha value is -1.06. The molecule has 4 nitrogen and oxygen atoms in total. The van der Waals surface area contributed by atoms with Crippen LogP contribution in [0, 0.1) is 11.8 Å². The highest BCUT2D eigenvalue weighted by Gasteiger charge is 2.35. The largest absolute Gasteiger partial charge is 0.481 e. The van der Waals surface area contributed by atoms with E-state index in [4.69, 9.17) is 5.11 Å². The summed E-state index contributed by atoms with van der Waals surface area (Å²) in [6.07, 6.45) is 6.41. The Bertz CT molecular complexity index is 284. The van der Waals surface area contributed by atoms with E-state index in [1.807, 2.05) is 0 Å². The van der Waals surface area contributed by atoms with Crippen LogP contribution < -0.4 is 0 Å². The number of likely N-dealkylation sites (tertiary alicyclic amines) is 1. The average Bonchev–Trinajstić information content (AvgIpc) is 2.62. The van der Waals surface area contributed by atoms with Gasteiger partial charge in [-0.05, 0) is 18.8 Å². The van der Waals surface area contributed by atoms with E-state index in [9.17, 15) is 9.59 Å². The Labute approximate surface area is 95.6 Å². The van der Waals surface area contributed by atoms with Crippen LogP contribution in [-0.4, -0.2) is 35.0 Å². The van der Waals surface area contributed by atoms with Gasteiger partial charge in [-0.2, -0.15) is 0 Å². The van der Waals surface area contributed by atoms with Crippen LogP contribution in [0.4, 0.5) is 0 Å². The van der Waals surface area contributed by atoms with E-state index < -0.39 is 11.9 Å². The zero-order valence-electron chi connectivity index (χ0n) is 9.52. The predicted octanol–water partition coefficient (Wildman–Crippen LogP) is 1.50. The first-order chi connectivity index (χ1) is 7.66. The van der Waals surface area contributed by atoms with E-state index in [1.165, 1.54) is 32.1 Å². The maximum absolute atomic E-state index is 11.6. The van der Waals surface area contributed by atoms with Gasteiger partial charge in [-0.15, -0.1) is 0 Å². The molecule has 2 fully saturated rings. The van der Waals surface area contributed by atoms with Crippen LogP contribution in [0.1, 0.15) is 38.5 Å². The molecule has 0 bridgehead atoms. The summed E-state index contributed by atoms with van der Waals surface area (Å²) in [5, 5.41) is 8.88. The highest BCUT2D eigenvalue weighted by molar-refractivity contribution is 5.86. The van der Waals surface area contributed by atoms with Crippen LogP contribution in [0.15, 0.2) is 0 Å². The lowest BCUT2D eigenvalue weighted by atomic mass is 9.89. The number of carbonyl (C=O) groups excluding carboxylic acids is 1. The third kappa shape index (κ3) is 2.54. The molecule has 0 spiro atoms. The maximum atomic E-state index is 11.6. The van der Waals surface area contributed by atoms with E-state index in [0.29, 0.717) is 12.5 Å². The quantitative estimate of drug-likeness (QED) is 0.791. The molecule has 1 aliphatic carbocycles. The smallest absolute Gasteiger partial charge is 0.308 e.